The lowest BCUT2D eigenvalue weighted by Crippen LogP contribution is -2.16. The van der Waals surface area contributed by atoms with Gasteiger partial charge in [0.1, 0.15) is 6.61 Å². The second-order valence-corrected chi connectivity index (χ2v) is 10.0. The van der Waals surface area contributed by atoms with Crippen molar-refractivity contribution in [2.75, 3.05) is 7.11 Å². The van der Waals surface area contributed by atoms with Crippen LogP contribution in [-0.4, -0.2) is 19.2 Å². The smallest absolute Gasteiger partial charge is 0.240 e. The number of amides is 1. The van der Waals surface area contributed by atoms with Crippen molar-refractivity contribution >= 4 is 23.7 Å². The van der Waals surface area contributed by atoms with Crippen LogP contribution in [0.5, 0.6) is 11.5 Å². The molecule has 2 aromatic rings. The summed E-state index contributed by atoms with van der Waals surface area (Å²) >= 11 is 5.93. The molecule has 0 saturated carbocycles. The summed E-state index contributed by atoms with van der Waals surface area (Å²) in [5.41, 5.74) is 4.46. The van der Waals surface area contributed by atoms with Crippen molar-refractivity contribution < 1.29 is 14.3 Å². The molecule has 2 aromatic carbocycles. The van der Waals surface area contributed by atoms with Gasteiger partial charge in [-0.15, -0.1) is 0 Å². The molecule has 6 heteroatoms. The number of unbranched alkanes of at least 4 members (excludes halogenated alkanes) is 12. The zero-order valence-electron chi connectivity index (χ0n) is 22.8. The van der Waals surface area contributed by atoms with E-state index in [1.165, 1.54) is 70.6 Å². The fourth-order valence-electron chi connectivity index (χ4n) is 4.16. The monoisotopic (exact) mass is 528 g/mol. The summed E-state index contributed by atoms with van der Waals surface area (Å²) in [7, 11) is 1.60. The third kappa shape index (κ3) is 14.1. The second kappa shape index (κ2) is 19.6. The largest absolute Gasteiger partial charge is 0.493 e. The van der Waals surface area contributed by atoms with Gasteiger partial charge < -0.3 is 9.47 Å². The van der Waals surface area contributed by atoms with Crippen LogP contribution in [0.2, 0.25) is 5.02 Å². The Kier molecular flexibility index (Phi) is 16.2. The number of hydrogen-bond acceptors (Lipinski definition) is 4. The van der Waals surface area contributed by atoms with Crippen LogP contribution in [-0.2, 0) is 11.4 Å². The number of hydrazone groups is 1. The Morgan fingerprint density at radius 1 is 0.838 bits per heavy atom. The van der Waals surface area contributed by atoms with Crippen LogP contribution in [0.4, 0.5) is 0 Å². The summed E-state index contributed by atoms with van der Waals surface area (Å²) in [5.74, 6) is 1.20. The van der Waals surface area contributed by atoms with E-state index in [2.05, 4.69) is 17.5 Å². The number of hydrogen-bond donors (Lipinski definition) is 1. The first kappa shape index (κ1) is 30.7. The standard InChI is InChI=1S/C31H45ClN2O3/c1-3-4-5-6-7-8-9-10-11-12-13-14-15-16-31(35)34-33-24-27-19-22-29(30(23-27)36-2)37-25-26-17-20-28(32)21-18-26/h17-24H,3-16,25H2,1-2H3,(H,34,35)/b33-24+. The predicted molar refractivity (Wildman–Crippen MR) is 155 cm³/mol. The van der Waals surface area contributed by atoms with Gasteiger partial charge in [-0.05, 0) is 47.9 Å². The van der Waals surface area contributed by atoms with Crippen molar-refractivity contribution in [3.8, 4) is 11.5 Å². The molecule has 0 heterocycles. The van der Waals surface area contributed by atoms with E-state index in [1.54, 1.807) is 13.3 Å². The molecule has 2 rings (SSSR count). The molecule has 1 amide bonds. The van der Waals surface area contributed by atoms with Gasteiger partial charge in [0, 0.05) is 11.4 Å². The molecular formula is C31H45ClN2O3. The van der Waals surface area contributed by atoms with Gasteiger partial charge in [-0.3, -0.25) is 4.79 Å². The molecule has 0 aliphatic rings. The summed E-state index contributed by atoms with van der Waals surface area (Å²) in [6, 6.07) is 13.1. The van der Waals surface area contributed by atoms with Gasteiger partial charge in [-0.25, -0.2) is 5.43 Å². The van der Waals surface area contributed by atoms with Crippen LogP contribution >= 0.6 is 11.6 Å². The Bertz CT molecular complexity index is 915. The van der Waals surface area contributed by atoms with Gasteiger partial charge in [0.2, 0.25) is 5.91 Å². The Balaban J connectivity index is 1.56. The molecule has 0 atom stereocenters. The first-order chi connectivity index (χ1) is 18.1. The molecule has 0 aromatic heterocycles. The molecule has 0 saturated heterocycles. The second-order valence-electron chi connectivity index (χ2n) is 9.61. The summed E-state index contributed by atoms with van der Waals surface area (Å²) < 4.78 is 11.3. The average molecular weight is 529 g/mol. The number of nitrogens with zero attached hydrogens (tertiary/aromatic N) is 1. The van der Waals surface area contributed by atoms with Gasteiger partial charge in [0.05, 0.1) is 13.3 Å². The van der Waals surface area contributed by atoms with E-state index < -0.39 is 0 Å². The maximum absolute atomic E-state index is 12.1. The van der Waals surface area contributed by atoms with Crippen molar-refractivity contribution in [3.63, 3.8) is 0 Å². The van der Waals surface area contributed by atoms with E-state index in [0.717, 1.165) is 24.0 Å². The van der Waals surface area contributed by atoms with Gasteiger partial charge in [0.15, 0.2) is 11.5 Å². The first-order valence-corrected chi connectivity index (χ1v) is 14.4. The van der Waals surface area contributed by atoms with Crippen LogP contribution in [0.15, 0.2) is 47.6 Å². The zero-order valence-corrected chi connectivity index (χ0v) is 23.5. The molecule has 5 nitrogen and oxygen atoms in total. The number of benzene rings is 2. The number of nitrogens with one attached hydrogen (secondary N) is 1. The minimum Gasteiger partial charge on any atom is -0.493 e. The fraction of sp³-hybridized carbons (Fsp3) is 0.548. The number of rotatable bonds is 20. The van der Waals surface area contributed by atoms with Crippen LogP contribution in [0.3, 0.4) is 0 Å². The van der Waals surface area contributed by atoms with Gasteiger partial charge in [-0.1, -0.05) is 108 Å². The highest BCUT2D eigenvalue weighted by atomic mass is 35.5. The van der Waals surface area contributed by atoms with E-state index in [1.807, 2.05) is 42.5 Å². The maximum Gasteiger partial charge on any atom is 0.240 e. The molecule has 0 aliphatic heterocycles. The summed E-state index contributed by atoms with van der Waals surface area (Å²) in [6.07, 6.45) is 19.0. The molecule has 0 fully saturated rings. The Morgan fingerprint density at radius 3 is 2.03 bits per heavy atom. The highest BCUT2D eigenvalue weighted by molar-refractivity contribution is 6.30. The molecular weight excluding hydrogens is 484 g/mol. The molecule has 1 N–H and O–H groups in total. The lowest BCUT2D eigenvalue weighted by atomic mass is 10.0. The van der Waals surface area contributed by atoms with Crippen LogP contribution in [0.1, 0.15) is 108 Å². The average Bonchev–Trinajstić information content (AvgIpc) is 2.91. The number of methoxy groups -OCH3 is 1. The van der Waals surface area contributed by atoms with Crippen LogP contribution in [0.25, 0.3) is 0 Å². The van der Waals surface area contributed by atoms with Gasteiger partial charge >= 0.3 is 0 Å². The summed E-state index contributed by atoms with van der Waals surface area (Å²) in [4.78, 5) is 12.1. The van der Waals surface area contributed by atoms with Gasteiger partial charge in [-0.2, -0.15) is 5.10 Å². The maximum atomic E-state index is 12.1. The number of ether oxygens (including phenoxy) is 2. The molecule has 0 unspecified atom stereocenters. The van der Waals surface area contributed by atoms with E-state index in [9.17, 15) is 4.79 Å². The fourth-order valence-corrected chi connectivity index (χ4v) is 4.29. The normalized spacial score (nSPS) is 11.1. The lowest BCUT2D eigenvalue weighted by molar-refractivity contribution is -0.121. The number of halogens is 1. The third-order valence-electron chi connectivity index (χ3n) is 6.41. The van der Waals surface area contributed by atoms with Crippen LogP contribution in [0, 0.1) is 0 Å². The van der Waals surface area contributed by atoms with Crippen molar-refractivity contribution in [2.24, 2.45) is 5.10 Å². The van der Waals surface area contributed by atoms with E-state index in [4.69, 9.17) is 21.1 Å². The highest BCUT2D eigenvalue weighted by Gasteiger charge is 2.06. The van der Waals surface area contributed by atoms with E-state index >= 15 is 0 Å². The minimum atomic E-state index is -0.0470. The molecule has 204 valence electrons. The van der Waals surface area contributed by atoms with Crippen molar-refractivity contribution in [2.45, 2.75) is 103 Å². The molecule has 0 radical (unpaired) electrons. The van der Waals surface area contributed by atoms with Crippen molar-refractivity contribution in [1.29, 1.82) is 0 Å². The predicted octanol–water partition coefficient (Wildman–Crippen LogP) is 8.86. The lowest BCUT2D eigenvalue weighted by Gasteiger charge is -2.11. The molecule has 37 heavy (non-hydrogen) atoms. The van der Waals surface area contributed by atoms with Crippen molar-refractivity contribution in [1.82, 2.24) is 5.43 Å². The molecule has 0 bridgehead atoms. The highest BCUT2D eigenvalue weighted by Crippen LogP contribution is 2.28. The topological polar surface area (TPSA) is 59.9 Å². The number of carbonyl (C=O) groups excluding carboxylic acids is 1. The zero-order chi connectivity index (χ0) is 26.6. The Morgan fingerprint density at radius 2 is 1.43 bits per heavy atom. The van der Waals surface area contributed by atoms with Gasteiger partial charge in [0.25, 0.3) is 0 Å². The summed E-state index contributed by atoms with van der Waals surface area (Å²) in [5, 5.41) is 4.79. The molecule has 0 aliphatic carbocycles. The van der Waals surface area contributed by atoms with E-state index in [0.29, 0.717) is 29.5 Å². The molecule has 0 spiro atoms. The Hall–Kier alpha value is -2.53. The van der Waals surface area contributed by atoms with E-state index in [-0.39, 0.29) is 5.91 Å². The third-order valence-corrected chi connectivity index (χ3v) is 6.66. The summed E-state index contributed by atoms with van der Waals surface area (Å²) in [6.45, 7) is 2.68. The quantitative estimate of drug-likeness (QED) is 0.106. The Labute approximate surface area is 229 Å². The first-order valence-electron chi connectivity index (χ1n) is 14.0. The van der Waals surface area contributed by atoms with Crippen LogP contribution < -0.4 is 14.9 Å². The SMILES string of the molecule is CCCCCCCCCCCCCCCC(=O)N/N=C/c1ccc(OCc2ccc(Cl)cc2)c(OC)c1. The minimum absolute atomic E-state index is 0.0470. The van der Waals surface area contributed by atoms with Crippen molar-refractivity contribution in [3.05, 3.63) is 58.6 Å². The number of carbonyl (C=O) groups is 1.